The first-order valence-corrected chi connectivity index (χ1v) is 28.3. The number of hydrogen-bond acceptors (Lipinski definition) is 15. The molecule has 0 bridgehead atoms. The zero-order valence-corrected chi connectivity index (χ0v) is 45.0. The maximum atomic E-state index is 13.8. The molecule has 2 fully saturated rings. The van der Waals surface area contributed by atoms with Crippen molar-refractivity contribution in [3.8, 4) is 12.1 Å². The summed E-state index contributed by atoms with van der Waals surface area (Å²) in [5, 5.41) is 54.6. The Hall–Kier alpha value is -6.02. The van der Waals surface area contributed by atoms with E-state index in [1.807, 2.05) is 6.07 Å². The number of halogens is 1. The van der Waals surface area contributed by atoms with Gasteiger partial charge in [-0.3, -0.25) is 29.0 Å². The van der Waals surface area contributed by atoms with Crippen molar-refractivity contribution in [1.82, 2.24) is 40.4 Å². The Morgan fingerprint density at radius 2 is 1.20 bits per heavy atom. The van der Waals surface area contributed by atoms with Crippen molar-refractivity contribution >= 4 is 59.2 Å². The topological polar surface area (TPSA) is 311 Å². The first kappa shape index (κ1) is 55.7. The molecule has 2 saturated carbocycles. The van der Waals surface area contributed by atoms with Gasteiger partial charge in [0.05, 0.1) is 75.2 Å². The van der Waals surface area contributed by atoms with E-state index in [1.54, 1.807) is 48.5 Å². The van der Waals surface area contributed by atoms with Gasteiger partial charge in [0.2, 0.25) is 0 Å². The van der Waals surface area contributed by atoms with Gasteiger partial charge in [0.15, 0.2) is 31.1 Å². The zero-order valence-electron chi connectivity index (χ0n) is 41.7. The van der Waals surface area contributed by atoms with E-state index in [-0.39, 0.29) is 87.0 Å². The van der Waals surface area contributed by atoms with Crippen molar-refractivity contribution in [2.75, 3.05) is 57.9 Å². The molecular weight excluding hydrogens is 1060 g/mol. The molecule has 5 N–H and O–H groups in total. The fourth-order valence-electron chi connectivity index (χ4n) is 9.17. The number of aromatic nitrogens is 4. The number of rotatable bonds is 21. The highest BCUT2D eigenvalue weighted by molar-refractivity contribution is 9.09. The monoisotopic (exact) mass is 1120 g/mol. The lowest BCUT2D eigenvalue weighted by Crippen LogP contribution is -2.51. The number of hydrogen-bond donors (Lipinski definition) is 5. The number of alkyl halides is 1. The van der Waals surface area contributed by atoms with Crippen molar-refractivity contribution in [1.29, 1.82) is 10.5 Å². The molecule has 396 valence electrons. The minimum absolute atomic E-state index is 0.0303. The summed E-state index contributed by atoms with van der Waals surface area (Å²) in [7, 11) is -7.40. The molecule has 24 heteroatoms. The minimum atomic E-state index is -3.73. The largest absolute Gasteiger partial charge is 0.395 e. The van der Waals surface area contributed by atoms with E-state index < -0.39 is 63.7 Å². The fourth-order valence-corrected chi connectivity index (χ4v) is 14.0. The second-order valence-corrected chi connectivity index (χ2v) is 27.0. The molecule has 0 saturated heterocycles. The number of H-pyrrole nitrogens is 1. The fraction of sp³-hybridized carbons (Fsp3) is 0.520. The number of benzene rings is 2. The summed E-state index contributed by atoms with van der Waals surface area (Å²) in [4.78, 5) is 55.8. The summed E-state index contributed by atoms with van der Waals surface area (Å²) >= 11 is 3.31. The lowest BCUT2D eigenvalue weighted by atomic mass is 10.0. The van der Waals surface area contributed by atoms with Gasteiger partial charge < -0.3 is 35.4 Å². The first-order chi connectivity index (χ1) is 35.0. The molecular formula is C50H61BrN10O11S2. The third-order valence-electron chi connectivity index (χ3n) is 14.3. The zero-order chi connectivity index (χ0) is 53.9. The average molecular weight is 1120 g/mol. The van der Waals surface area contributed by atoms with Gasteiger partial charge in [-0.1, -0.05) is 40.2 Å². The van der Waals surface area contributed by atoms with Crippen LogP contribution in [0.3, 0.4) is 0 Å². The van der Waals surface area contributed by atoms with E-state index in [2.05, 4.69) is 47.9 Å². The molecule has 0 unspecified atom stereocenters. The number of ether oxygens (including phenoxy) is 1. The standard InChI is InChI=1S/C27H34BrN5O6S.C23H27N5O5S/c1-26(2,18-34)40(37,38)27(8-9-27)17-32-11-7-21-22(24(35)30-16-20-5-3-19(15-29)4-6-20)31-33(23(21)25(32)36)12-14-39-13-10-28;1-22(2,14-29)34(32,33)23(8-9-23)13-28-10-7-17-18(26-27-19(17)21(28)31)20(30)25-12-16-5-3-15(11-24)4-6-16/h3-6,34H,7-14,16-18H2,1-2H3,(H,30,35);3-6,29H,7-10,12-14H2,1-2H3,(H,25,30)(H,26,27). The van der Waals surface area contributed by atoms with Gasteiger partial charge in [-0.2, -0.15) is 20.7 Å². The molecule has 4 aliphatic rings. The van der Waals surface area contributed by atoms with E-state index in [4.69, 9.17) is 15.3 Å². The molecule has 4 heterocycles. The van der Waals surface area contributed by atoms with Gasteiger partial charge in [-0.05, 0) is 102 Å². The molecule has 8 rings (SSSR count). The van der Waals surface area contributed by atoms with Crippen LogP contribution in [0.2, 0.25) is 0 Å². The van der Waals surface area contributed by atoms with Crippen LogP contribution >= 0.6 is 15.9 Å². The Bertz CT molecular complexity index is 3100. The molecule has 4 amide bonds. The van der Waals surface area contributed by atoms with Crippen LogP contribution in [-0.2, 0) is 56.9 Å². The second-order valence-electron chi connectivity index (χ2n) is 20.3. The Balaban J connectivity index is 0.000000219. The highest BCUT2D eigenvalue weighted by Gasteiger charge is 2.62. The normalized spacial score (nSPS) is 16.7. The molecule has 0 radical (unpaired) electrons. The summed E-state index contributed by atoms with van der Waals surface area (Å²) in [6.45, 7) is 7.09. The van der Waals surface area contributed by atoms with Crippen LogP contribution in [0.1, 0.15) is 129 Å². The molecule has 21 nitrogen and oxygen atoms in total. The van der Waals surface area contributed by atoms with Crippen molar-refractivity contribution in [3.63, 3.8) is 0 Å². The predicted octanol–water partition coefficient (Wildman–Crippen LogP) is 2.74. The molecule has 2 aliphatic carbocycles. The number of nitrogens with zero attached hydrogens (tertiary/aromatic N) is 7. The lowest BCUT2D eigenvalue weighted by Gasteiger charge is -2.34. The van der Waals surface area contributed by atoms with E-state index >= 15 is 0 Å². The Kier molecular flexibility index (Phi) is 16.6. The van der Waals surface area contributed by atoms with Gasteiger partial charge in [-0.25, -0.2) is 16.8 Å². The molecule has 4 aromatic rings. The predicted molar refractivity (Wildman–Crippen MR) is 273 cm³/mol. The molecule has 2 aromatic carbocycles. The van der Waals surface area contributed by atoms with E-state index in [0.29, 0.717) is 72.7 Å². The summed E-state index contributed by atoms with van der Waals surface area (Å²) in [5.41, 5.74) is 4.50. The number of carbonyl (C=O) groups excluding carboxylic acids is 4. The van der Waals surface area contributed by atoms with Gasteiger partial charge in [0.1, 0.15) is 11.4 Å². The molecule has 2 aliphatic heterocycles. The number of sulfone groups is 2. The number of aliphatic hydroxyl groups excluding tert-OH is 2. The number of amides is 4. The van der Waals surface area contributed by atoms with Crippen molar-refractivity contribution < 1.29 is 51.0 Å². The van der Waals surface area contributed by atoms with Crippen LogP contribution in [-0.4, -0.2) is 157 Å². The quantitative estimate of drug-likeness (QED) is 0.0592. The van der Waals surface area contributed by atoms with Crippen LogP contribution in [0.5, 0.6) is 0 Å². The van der Waals surface area contributed by atoms with Gasteiger partial charge in [0, 0.05) is 55.7 Å². The second kappa shape index (κ2) is 22.1. The number of fused-ring (bicyclic) bond motifs is 2. The maximum absolute atomic E-state index is 13.8. The van der Waals surface area contributed by atoms with E-state index in [1.165, 1.54) is 42.2 Å². The Morgan fingerprint density at radius 3 is 1.65 bits per heavy atom. The summed E-state index contributed by atoms with van der Waals surface area (Å²) in [6.07, 6.45) is 2.47. The van der Waals surface area contributed by atoms with Crippen LogP contribution in [0.4, 0.5) is 0 Å². The minimum Gasteiger partial charge on any atom is -0.395 e. The number of aliphatic hydroxyl groups is 2. The number of aromatic amines is 1. The summed E-state index contributed by atoms with van der Waals surface area (Å²) < 4.78 is 55.3. The van der Waals surface area contributed by atoms with Gasteiger partial charge in [0.25, 0.3) is 23.6 Å². The first-order valence-electron chi connectivity index (χ1n) is 24.2. The van der Waals surface area contributed by atoms with E-state index in [0.717, 1.165) is 11.1 Å². The Morgan fingerprint density at radius 1 is 0.743 bits per heavy atom. The lowest BCUT2D eigenvalue weighted by molar-refractivity contribution is 0.0712. The molecule has 2 aromatic heterocycles. The molecule has 0 spiro atoms. The number of nitrogens with one attached hydrogen (secondary N) is 3. The number of carbonyl (C=O) groups is 4. The van der Waals surface area contributed by atoms with Crippen LogP contribution in [0.25, 0.3) is 0 Å². The smallest absolute Gasteiger partial charge is 0.272 e. The highest BCUT2D eigenvalue weighted by atomic mass is 79.9. The average Bonchev–Trinajstić information content (AvgIpc) is 4.29. The summed E-state index contributed by atoms with van der Waals surface area (Å²) in [6, 6.07) is 17.8. The number of nitriles is 2. The highest BCUT2D eigenvalue weighted by Crippen LogP contribution is 2.50. The van der Waals surface area contributed by atoms with Crippen LogP contribution in [0, 0.1) is 22.7 Å². The van der Waals surface area contributed by atoms with Crippen molar-refractivity contribution in [2.24, 2.45) is 0 Å². The van der Waals surface area contributed by atoms with E-state index in [9.17, 15) is 46.2 Å². The summed E-state index contributed by atoms with van der Waals surface area (Å²) in [5.74, 6) is -1.60. The maximum Gasteiger partial charge on any atom is 0.272 e. The van der Waals surface area contributed by atoms with Gasteiger partial charge in [-0.15, -0.1) is 0 Å². The molecule has 0 atom stereocenters. The third-order valence-corrected chi connectivity index (χ3v) is 21.1. The molecule has 74 heavy (non-hydrogen) atoms. The van der Waals surface area contributed by atoms with Crippen molar-refractivity contribution in [3.05, 3.63) is 105 Å². The Labute approximate surface area is 438 Å². The van der Waals surface area contributed by atoms with Gasteiger partial charge >= 0.3 is 0 Å². The SMILES string of the molecule is CC(C)(CO)S(=O)(=O)C1(CN2CCc3c(C(=O)NCc4ccc(C#N)cc4)n[nH]c3C2=O)CC1.CC(C)(CO)S(=O)(=O)C1(CN2CCc3c(C(=O)NCc4ccc(C#N)cc4)nn(CCOCCBr)c3C2=O)CC1. The van der Waals surface area contributed by atoms with Crippen molar-refractivity contribution in [2.45, 2.75) is 105 Å². The third kappa shape index (κ3) is 11.0. The van der Waals surface area contributed by atoms with Crippen LogP contribution < -0.4 is 10.6 Å². The van der Waals surface area contributed by atoms with Crippen LogP contribution in [0.15, 0.2) is 48.5 Å².